The third-order valence-electron chi connectivity index (χ3n) is 6.28. The molecule has 0 radical (unpaired) electrons. The molecule has 19 nitrogen and oxygen atoms in total. The van der Waals surface area contributed by atoms with E-state index in [1.165, 1.54) is 0 Å². The van der Waals surface area contributed by atoms with E-state index in [1.807, 2.05) is 0 Å². The van der Waals surface area contributed by atoms with Crippen LogP contribution in [-0.4, -0.2) is 122 Å². The molecule has 0 unspecified atom stereocenters. The van der Waals surface area contributed by atoms with Gasteiger partial charge in [-0.15, -0.1) is 0 Å². The van der Waals surface area contributed by atoms with Gasteiger partial charge in [-0.1, -0.05) is 0 Å². The first-order valence-corrected chi connectivity index (χ1v) is 14.3. The Morgan fingerprint density at radius 1 is 0.468 bits per heavy atom. The lowest BCUT2D eigenvalue weighted by Crippen LogP contribution is -2.67. The van der Waals surface area contributed by atoms with E-state index in [-0.39, 0.29) is 0 Å². The number of nitrogens with one attached hydrogen (secondary N) is 1. The topological polar surface area (TPSA) is 241 Å². The minimum atomic E-state index is -1.70. The molecule has 0 bridgehead atoms. The number of ether oxygens (including phenoxy) is 10. The maximum atomic E-state index is 12.2. The number of carbonyl (C=O) groups is 8. The van der Waals surface area contributed by atoms with Crippen LogP contribution in [0.5, 0.6) is 0 Å². The molecular formula is C28H39NO18. The van der Waals surface area contributed by atoms with Crippen molar-refractivity contribution in [3.63, 3.8) is 0 Å². The van der Waals surface area contributed by atoms with Crippen molar-refractivity contribution in [3.8, 4) is 0 Å². The lowest BCUT2D eigenvalue weighted by atomic mass is 9.95. The van der Waals surface area contributed by atoms with Gasteiger partial charge >= 0.3 is 41.8 Å². The predicted molar refractivity (Wildman–Crippen MR) is 147 cm³/mol. The van der Waals surface area contributed by atoms with Gasteiger partial charge in [0, 0.05) is 55.4 Å². The second kappa shape index (κ2) is 17.5. The van der Waals surface area contributed by atoms with Crippen molar-refractivity contribution in [2.45, 2.75) is 117 Å². The average Bonchev–Trinajstić information content (AvgIpc) is 2.91. The van der Waals surface area contributed by atoms with E-state index in [1.54, 1.807) is 0 Å². The zero-order chi connectivity index (χ0) is 35.6. The van der Waals surface area contributed by atoms with E-state index in [0.29, 0.717) is 0 Å². The highest BCUT2D eigenvalue weighted by Crippen LogP contribution is 2.32. The van der Waals surface area contributed by atoms with E-state index < -0.39 is 122 Å². The van der Waals surface area contributed by atoms with Crippen LogP contribution in [0.3, 0.4) is 0 Å². The van der Waals surface area contributed by atoms with Crippen LogP contribution in [0, 0.1) is 0 Å². The molecule has 0 aliphatic carbocycles. The third kappa shape index (κ3) is 12.1. The Kier molecular flexibility index (Phi) is 14.5. The smallest absolute Gasteiger partial charge is 0.305 e. The highest BCUT2D eigenvalue weighted by atomic mass is 16.8. The molecule has 0 aromatic carbocycles. The average molecular weight is 678 g/mol. The van der Waals surface area contributed by atoms with Gasteiger partial charge in [0.05, 0.1) is 6.61 Å². The summed E-state index contributed by atoms with van der Waals surface area (Å²) in [5, 5.41) is 2.52. The summed E-state index contributed by atoms with van der Waals surface area (Å²) in [5.41, 5.74) is 0. The van der Waals surface area contributed by atoms with Gasteiger partial charge in [0.15, 0.2) is 30.7 Å². The fourth-order valence-electron chi connectivity index (χ4n) is 4.87. The fourth-order valence-corrected chi connectivity index (χ4v) is 4.87. The lowest BCUT2D eigenvalue weighted by Gasteiger charge is -2.46. The molecule has 2 saturated heterocycles. The summed E-state index contributed by atoms with van der Waals surface area (Å²) in [7, 11) is 0. The summed E-state index contributed by atoms with van der Waals surface area (Å²) in [6.07, 6.45) is -13.6. The molecule has 19 heteroatoms. The second-order valence-corrected chi connectivity index (χ2v) is 10.4. The SMILES string of the molecule is CC(=O)N[C@H]1[C@H](OC[C@H]2O[C@@H](OC(C)=O)[C@H](OC(C)=O)[C@@H](OC(C)=O)[C@@H]2OC(C)=O)O[C@H](COC(C)=O)[C@@H](OC(C)=O)[C@@H]1OC(C)=O. The van der Waals surface area contributed by atoms with Gasteiger partial charge in [0.25, 0.3) is 0 Å². The highest BCUT2D eigenvalue weighted by Gasteiger charge is 2.55. The molecule has 2 rings (SSSR count). The molecule has 0 saturated carbocycles. The molecule has 0 spiro atoms. The number of carbonyl (C=O) groups excluding carboxylic acids is 8. The van der Waals surface area contributed by atoms with Gasteiger partial charge in [-0.05, 0) is 0 Å². The standard InChI is InChI=1S/C28H39NO18/c1-11(30)29-21-24(42-15(5)34)22(40-13(3)32)19(9-38-12(2)31)46-27(21)39-10-20-23(41-14(4)33)25(43-16(6)35)26(44-17(7)36)28(47-20)45-18(8)37/h19-28H,9-10H2,1-8H3,(H,29,30)/t19-,20-,21-,22-,23-,24-,25+,26-,27-,28-/m1/s1. The molecule has 2 aliphatic heterocycles. The molecule has 0 aromatic heterocycles. The molecule has 1 amide bonds. The summed E-state index contributed by atoms with van der Waals surface area (Å²) in [4.78, 5) is 96.1. The Balaban J connectivity index is 2.56. The van der Waals surface area contributed by atoms with Crippen molar-refractivity contribution >= 4 is 47.7 Å². The van der Waals surface area contributed by atoms with Crippen molar-refractivity contribution in [1.82, 2.24) is 5.32 Å². The van der Waals surface area contributed by atoms with Gasteiger partial charge in [-0.2, -0.15) is 0 Å². The Bertz CT molecular complexity index is 1200. The van der Waals surface area contributed by atoms with E-state index in [4.69, 9.17) is 47.4 Å². The predicted octanol–water partition coefficient (Wildman–Crippen LogP) is -1.26. The molecular weight excluding hydrogens is 638 g/mol. The van der Waals surface area contributed by atoms with Crippen LogP contribution >= 0.6 is 0 Å². The van der Waals surface area contributed by atoms with Crippen LogP contribution in [0.1, 0.15) is 55.4 Å². The monoisotopic (exact) mass is 677 g/mol. The summed E-state index contributed by atoms with van der Waals surface area (Å²) in [6, 6.07) is -1.37. The zero-order valence-corrected chi connectivity index (χ0v) is 27.0. The van der Waals surface area contributed by atoms with E-state index in [2.05, 4.69) is 5.32 Å². The van der Waals surface area contributed by atoms with Crippen LogP contribution in [-0.2, 0) is 85.7 Å². The lowest BCUT2D eigenvalue weighted by molar-refractivity contribution is -0.318. The van der Waals surface area contributed by atoms with E-state index in [9.17, 15) is 38.4 Å². The van der Waals surface area contributed by atoms with Gasteiger partial charge in [-0.25, -0.2) is 0 Å². The van der Waals surface area contributed by atoms with Crippen molar-refractivity contribution in [3.05, 3.63) is 0 Å². The van der Waals surface area contributed by atoms with Crippen molar-refractivity contribution in [2.24, 2.45) is 0 Å². The minimum absolute atomic E-state index is 0.513. The van der Waals surface area contributed by atoms with E-state index >= 15 is 0 Å². The quantitative estimate of drug-likeness (QED) is 0.187. The van der Waals surface area contributed by atoms with Gasteiger partial charge in [-0.3, -0.25) is 38.4 Å². The number of hydrogen-bond donors (Lipinski definition) is 1. The minimum Gasteiger partial charge on any atom is -0.463 e. The maximum Gasteiger partial charge on any atom is 0.305 e. The Morgan fingerprint density at radius 3 is 1.34 bits per heavy atom. The first kappa shape index (κ1) is 38.8. The Hall–Kier alpha value is -4.36. The molecule has 47 heavy (non-hydrogen) atoms. The summed E-state index contributed by atoms with van der Waals surface area (Å²) in [6.45, 7) is 7.37. The molecule has 2 heterocycles. The number of rotatable bonds is 12. The number of hydrogen-bond acceptors (Lipinski definition) is 18. The molecule has 2 aliphatic rings. The summed E-state index contributed by atoms with van der Waals surface area (Å²) >= 11 is 0. The van der Waals surface area contributed by atoms with Crippen LogP contribution < -0.4 is 5.32 Å². The van der Waals surface area contributed by atoms with Crippen molar-refractivity contribution in [1.29, 1.82) is 0 Å². The summed E-state index contributed by atoms with van der Waals surface area (Å²) in [5.74, 6) is -6.56. The maximum absolute atomic E-state index is 12.2. The van der Waals surface area contributed by atoms with E-state index in [0.717, 1.165) is 55.4 Å². The van der Waals surface area contributed by atoms with Crippen molar-refractivity contribution in [2.75, 3.05) is 13.2 Å². The molecule has 264 valence electrons. The highest BCUT2D eigenvalue weighted by molar-refractivity contribution is 5.74. The normalized spacial score (nSPS) is 30.0. The molecule has 10 atom stereocenters. The van der Waals surface area contributed by atoms with Gasteiger partial charge in [0.2, 0.25) is 18.3 Å². The first-order valence-electron chi connectivity index (χ1n) is 14.3. The molecule has 2 fully saturated rings. The third-order valence-corrected chi connectivity index (χ3v) is 6.28. The molecule has 0 aromatic rings. The molecule has 1 N–H and O–H groups in total. The second-order valence-electron chi connectivity index (χ2n) is 10.4. The number of esters is 7. The Labute approximate surface area is 269 Å². The Morgan fingerprint density at radius 2 is 0.872 bits per heavy atom. The van der Waals surface area contributed by atoms with Crippen LogP contribution in [0.15, 0.2) is 0 Å². The summed E-state index contributed by atoms with van der Waals surface area (Å²) < 4.78 is 54.7. The van der Waals surface area contributed by atoms with Gasteiger partial charge < -0.3 is 52.7 Å². The number of amides is 1. The zero-order valence-electron chi connectivity index (χ0n) is 27.0. The first-order chi connectivity index (χ1) is 21.9. The largest absolute Gasteiger partial charge is 0.463 e. The van der Waals surface area contributed by atoms with Crippen LogP contribution in [0.4, 0.5) is 0 Å². The van der Waals surface area contributed by atoms with Crippen LogP contribution in [0.25, 0.3) is 0 Å². The van der Waals surface area contributed by atoms with Gasteiger partial charge in [0.1, 0.15) is 24.9 Å². The van der Waals surface area contributed by atoms with Crippen molar-refractivity contribution < 1.29 is 85.7 Å². The fraction of sp³-hybridized carbons (Fsp3) is 0.714. The van der Waals surface area contributed by atoms with Crippen LogP contribution in [0.2, 0.25) is 0 Å².